The molecule has 0 radical (unpaired) electrons. The van der Waals surface area contributed by atoms with Crippen LogP contribution >= 0.6 is 0 Å². The summed E-state index contributed by atoms with van der Waals surface area (Å²) in [5.41, 5.74) is 1.41. The van der Waals surface area contributed by atoms with E-state index in [1.807, 2.05) is 42.2 Å². The molecule has 1 aliphatic carbocycles. The second kappa shape index (κ2) is 7.99. The van der Waals surface area contributed by atoms with Gasteiger partial charge in [0.2, 0.25) is 0 Å². The topological polar surface area (TPSA) is 75.5 Å². The number of rotatable bonds is 8. The van der Waals surface area contributed by atoms with Gasteiger partial charge in [0.25, 0.3) is 11.6 Å². The van der Waals surface area contributed by atoms with E-state index in [0.29, 0.717) is 23.7 Å². The van der Waals surface area contributed by atoms with Crippen LogP contribution in [0.5, 0.6) is 0 Å². The van der Waals surface area contributed by atoms with E-state index in [9.17, 15) is 14.9 Å². The summed E-state index contributed by atoms with van der Waals surface area (Å²) in [6.07, 6.45) is 3.19. The molecule has 0 spiro atoms. The van der Waals surface area contributed by atoms with E-state index in [4.69, 9.17) is 0 Å². The largest absolute Gasteiger partial charge is 0.350 e. The minimum absolute atomic E-state index is 0.0948. The quantitative estimate of drug-likeness (QED) is 0.556. The Bertz CT molecular complexity index is 788. The number of hydrogen-bond donors (Lipinski definition) is 1. The molecule has 1 N–H and O–H groups in total. The lowest BCUT2D eigenvalue weighted by molar-refractivity contribution is -0.383. The van der Waals surface area contributed by atoms with Crippen molar-refractivity contribution in [2.24, 2.45) is 5.92 Å². The summed E-state index contributed by atoms with van der Waals surface area (Å²) in [5.74, 6) is 0.451. The molecule has 0 aromatic heterocycles. The number of nitro groups is 1. The van der Waals surface area contributed by atoms with Gasteiger partial charge in [-0.2, -0.15) is 0 Å². The number of carbonyl (C=O) groups is 1. The van der Waals surface area contributed by atoms with E-state index in [-0.39, 0.29) is 11.6 Å². The summed E-state index contributed by atoms with van der Waals surface area (Å²) in [5, 5.41) is 14.6. The zero-order chi connectivity index (χ0) is 18.5. The van der Waals surface area contributed by atoms with Crippen LogP contribution in [0.25, 0.3) is 0 Å². The average Bonchev–Trinajstić information content (AvgIpc) is 3.46. The Morgan fingerprint density at radius 2 is 1.96 bits per heavy atom. The fraction of sp³-hybridized carbons (Fsp3) is 0.350. The number of nitrogens with zero attached hydrogens (tertiary/aromatic N) is 2. The number of amides is 1. The molecule has 0 heterocycles. The first-order chi connectivity index (χ1) is 12.6. The second-order valence-corrected chi connectivity index (χ2v) is 6.67. The first-order valence-corrected chi connectivity index (χ1v) is 8.98. The summed E-state index contributed by atoms with van der Waals surface area (Å²) in [6.45, 7) is 3.44. The van der Waals surface area contributed by atoms with Crippen molar-refractivity contribution in [1.82, 2.24) is 4.90 Å². The van der Waals surface area contributed by atoms with Crippen molar-refractivity contribution < 1.29 is 9.72 Å². The summed E-state index contributed by atoms with van der Waals surface area (Å²) < 4.78 is 0. The van der Waals surface area contributed by atoms with Crippen LogP contribution in [-0.2, 0) is 0 Å². The SMILES string of the molecule is CCCN(CC1CC1)C(=O)c1ccc(Nc2ccccc2)c([N+](=O)[O-])c1. The molecule has 0 aliphatic heterocycles. The normalized spacial score (nSPS) is 13.3. The third kappa shape index (κ3) is 4.39. The van der Waals surface area contributed by atoms with Gasteiger partial charge in [-0.05, 0) is 49.4 Å². The fourth-order valence-electron chi connectivity index (χ4n) is 2.94. The lowest BCUT2D eigenvalue weighted by Gasteiger charge is -2.22. The number of para-hydroxylation sites is 1. The van der Waals surface area contributed by atoms with Crippen LogP contribution < -0.4 is 5.32 Å². The minimum Gasteiger partial charge on any atom is -0.350 e. The molecule has 0 atom stereocenters. The number of hydrogen-bond acceptors (Lipinski definition) is 4. The van der Waals surface area contributed by atoms with Crippen LogP contribution in [0.15, 0.2) is 48.5 Å². The van der Waals surface area contributed by atoms with Crippen LogP contribution in [0.1, 0.15) is 36.5 Å². The van der Waals surface area contributed by atoms with Gasteiger partial charge in [0.1, 0.15) is 5.69 Å². The molecule has 3 rings (SSSR count). The Hall–Kier alpha value is -2.89. The van der Waals surface area contributed by atoms with Crippen LogP contribution in [0.4, 0.5) is 17.1 Å². The van der Waals surface area contributed by atoms with Crippen LogP contribution in [-0.4, -0.2) is 28.8 Å². The number of benzene rings is 2. The predicted octanol–water partition coefficient (Wildman–Crippen LogP) is 4.60. The van der Waals surface area contributed by atoms with Gasteiger partial charge < -0.3 is 10.2 Å². The molecule has 0 bridgehead atoms. The fourth-order valence-corrected chi connectivity index (χ4v) is 2.94. The molecule has 6 heteroatoms. The van der Waals surface area contributed by atoms with Crippen LogP contribution in [0, 0.1) is 16.0 Å². The number of nitrogens with one attached hydrogen (secondary N) is 1. The van der Waals surface area contributed by atoms with E-state index < -0.39 is 4.92 Å². The number of anilines is 2. The van der Waals surface area contributed by atoms with Gasteiger partial charge in [-0.25, -0.2) is 0 Å². The van der Waals surface area contributed by atoms with Crippen molar-refractivity contribution in [1.29, 1.82) is 0 Å². The van der Waals surface area contributed by atoms with Crippen LogP contribution in [0.2, 0.25) is 0 Å². The molecular weight excluding hydrogens is 330 g/mol. The van der Waals surface area contributed by atoms with Gasteiger partial charge in [0, 0.05) is 30.4 Å². The second-order valence-electron chi connectivity index (χ2n) is 6.67. The lowest BCUT2D eigenvalue weighted by atomic mass is 10.1. The molecule has 1 aliphatic rings. The van der Waals surface area contributed by atoms with E-state index in [1.54, 1.807) is 12.1 Å². The maximum atomic E-state index is 12.8. The molecule has 136 valence electrons. The van der Waals surface area contributed by atoms with Gasteiger partial charge in [-0.15, -0.1) is 0 Å². The summed E-state index contributed by atoms with van der Waals surface area (Å²) in [7, 11) is 0. The maximum Gasteiger partial charge on any atom is 0.293 e. The maximum absolute atomic E-state index is 12.8. The lowest BCUT2D eigenvalue weighted by Crippen LogP contribution is -2.33. The predicted molar refractivity (Wildman–Crippen MR) is 102 cm³/mol. The van der Waals surface area contributed by atoms with Gasteiger partial charge in [-0.1, -0.05) is 25.1 Å². The third-order valence-electron chi connectivity index (χ3n) is 4.45. The van der Waals surface area contributed by atoms with Crippen molar-refractivity contribution in [3.05, 3.63) is 64.2 Å². The van der Waals surface area contributed by atoms with Crippen molar-refractivity contribution in [2.75, 3.05) is 18.4 Å². The molecule has 6 nitrogen and oxygen atoms in total. The van der Waals surface area contributed by atoms with Crippen molar-refractivity contribution >= 4 is 23.0 Å². The Balaban J connectivity index is 1.84. The van der Waals surface area contributed by atoms with Crippen LogP contribution in [0.3, 0.4) is 0 Å². The van der Waals surface area contributed by atoms with E-state index >= 15 is 0 Å². The number of carbonyl (C=O) groups excluding carboxylic acids is 1. The highest BCUT2D eigenvalue weighted by molar-refractivity contribution is 5.96. The zero-order valence-electron chi connectivity index (χ0n) is 14.9. The van der Waals surface area contributed by atoms with E-state index in [2.05, 4.69) is 5.32 Å². The standard InChI is InChI=1S/C20H23N3O3/c1-2-12-22(14-15-8-9-15)20(24)16-10-11-18(19(13-16)23(25)26)21-17-6-4-3-5-7-17/h3-7,10-11,13,15,21H,2,8-9,12,14H2,1H3. The van der Waals surface area contributed by atoms with Crippen molar-refractivity contribution in [2.45, 2.75) is 26.2 Å². The van der Waals surface area contributed by atoms with Gasteiger partial charge in [0.15, 0.2) is 0 Å². The smallest absolute Gasteiger partial charge is 0.293 e. The molecule has 0 unspecified atom stereocenters. The first-order valence-electron chi connectivity index (χ1n) is 8.98. The Morgan fingerprint density at radius 3 is 2.58 bits per heavy atom. The molecule has 26 heavy (non-hydrogen) atoms. The minimum atomic E-state index is -0.451. The average molecular weight is 353 g/mol. The van der Waals surface area contributed by atoms with Gasteiger partial charge in [0.05, 0.1) is 4.92 Å². The third-order valence-corrected chi connectivity index (χ3v) is 4.45. The first kappa shape index (κ1) is 17.9. The molecule has 1 saturated carbocycles. The molecule has 1 fully saturated rings. The van der Waals surface area contributed by atoms with E-state index in [0.717, 1.165) is 31.5 Å². The van der Waals surface area contributed by atoms with E-state index in [1.165, 1.54) is 6.07 Å². The molecule has 2 aromatic rings. The summed E-state index contributed by atoms with van der Waals surface area (Å²) in [4.78, 5) is 25.7. The number of nitro benzene ring substituents is 1. The molecule has 1 amide bonds. The van der Waals surface area contributed by atoms with Crippen molar-refractivity contribution in [3.8, 4) is 0 Å². The molecular formula is C20H23N3O3. The monoisotopic (exact) mass is 353 g/mol. The summed E-state index contributed by atoms with van der Waals surface area (Å²) >= 11 is 0. The molecule has 0 saturated heterocycles. The highest BCUT2D eigenvalue weighted by Gasteiger charge is 2.28. The highest BCUT2D eigenvalue weighted by atomic mass is 16.6. The van der Waals surface area contributed by atoms with Gasteiger partial charge in [-0.3, -0.25) is 14.9 Å². The van der Waals surface area contributed by atoms with Gasteiger partial charge >= 0.3 is 0 Å². The van der Waals surface area contributed by atoms with Crippen molar-refractivity contribution in [3.63, 3.8) is 0 Å². The zero-order valence-corrected chi connectivity index (χ0v) is 14.9. The summed E-state index contributed by atoms with van der Waals surface area (Å²) in [6, 6.07) is 13.9. The Labute approximate surface area is 153 Å². The molecule has 2 aromatic carbocycles. The highest BCUT2D eigenvalue weighted by Crippen LogP contribution is 2.32. The Kier molecular flexibility index (Phi) is 5.51. The Morgan fingerprint density at radius 1 is 1.23 bits per heavy atom.